The maximum atomic E-state index is 11.4. The molecule has 0 aliphatic heterocycles. The number of carbonyl (C=O) groups is 1. The van der Waals surface area contributed by atoms with Crippen LogP contribution in [0.3, 0.4) is 0 Å². The summed E-state index contributed by atoms with van der Waals surface area (Å²) in [6, 6.07) is 0. The Morgan fingerprint density at radius 2 is 1.38 bits per heavy atom. The Morgan fingerprint density at radius 3 is 1.92 bits per heavy atom. The van der Waals surface area contributed by atoms with Gasteiger partial charge in [-0.1, -0.05) is 96.6 Å². The zero-order valence-electron chi connectivity index (χ0n) is 16.5. The highest BCUT2D eigenvalue weighted by atomic mass is 16.1. The minimum Gasteiger partial charge on any atom is -0.298 e. The number of rotatable bonds is 18. The Morgan fingerprint density at radius 1 is 0.833 bits per heavy atom. The summed E-state index contributed by atoms with van der Waals surface area (Å²) >= 11 is 0. The van der Waals surface area contributed by atoms with E-state index in [4.69, 9.17) is 0 Å². The number of hydrogen-bond donors (Lipinski definition) is 0. The van der Waals surface area contributed by atoms with Crippen molar-refractivity contribution in [3.05, 3.63) is 24.3 Å². The lowest BCUT2D eigenvalue weighted by Gasteiger charge is -2.12. The van der Waals surface area contributed by atoms with Gasteiger partial charge in [0, 0.05) is 0 Å². The predicted molar refractivity (Wildman–Crippen MR) is 108 cm³/mol. The Labute approximate surface area is 152 Å². The second-order valence-electron chi connectivity index (χ2n) is 7.22. The van der Waals surface area contributed by atoms with Gasteiger partial charge in [0.05, 0.1) is 0 Å². The molecule has 1 heteroatoms. The van der Waals surface area contributed by atoms with Crippen LogP contribution in [-0.2, 0) is 4.79 Å². The highest BCUT2D eigenvalue weighted by Crippen LogP contribution is 2.20. The molecular weight excluding hydrogens is 292 g/mol. The molecule has 0 aromatic rings. The zero-order valence-corrected chi connectivity index (χ0v) is 16.5. The van der Waals surface area contributed by atoms with Gasteiger partial charge >= 0.3 is 0 Å². The molecule has 1 nitrogen and oxygen atoms in total. The van der Waals surface area contributed by atoms with E-state index in [0.29, 0.717) is 5.92 Å². The molecule has 24 heavy (non-hydrogen) atoms. The van der Waals surface area contributed by atoms with Gasteiger partial charge in [-0.3, -0.25) is 4.79 Å². The zero-order chi connectivity index (χ0) is 17.9. The molecule has 0 saturated carbocycles. The number of unbranched alkanes of at least 4 members (excludes halogenated alkanes) is 10. The first-order chi connectivity index (χ1) is 11.8. The molecule has 1 atom stereocenters. The van der Waals surface area contributed by atoms with Gasteiger partial charge < -0.3 is 0 Å². The molecule has 0 bridgehead atoms. The molecule has 0 aliphatic carbocycles. The van der Waals surface area contributed by atoms with E-state index in [-0.39, 0.29) is 0 Å². The molecule has 0 aromatic heterocycles. The molecule has 140 valence electrons. The minimum absolute atomic E-state index is 0.508. The molecule has 0 rings (SSSR count). The Kier molecular flexibility index (Phi) is 17.8. The van der Waals surface area contributed by atoms with Crippen LogP contribution in [0.4, 0.5) is 0 Å². The van der Waals surface area contributed by atoms with Crippen LogP contribution in [0.5, 0.6) is 0 Å². The molecule has 0 spiro atoms. The second-order valence-corrected chi connectivity index (χ2v) is 7.22. The third-order valence-electron chi connectivity index (χ3n) is 4.82. The predicted octanol–water partition coefficient (Wildman–Crippen LogP) is 7.81. The van der Waals surface area contributed by atoms with E-state index in [2.05, 4.69) is 26.5 Å². The van der Waals surface area contributed by atoms with Crippen LogP contribution in [0.2, 0.25) is 0 Å². The fourth-order valence-electron chi connectivity index (χ4n) is 3.26. The van der Waals surface area contributed by atoms with E-state index in [1.54, 1.807) is 0 Å². The summed E-state index contributed by atoms with van der Waals surface area (Å²) in [4.78, 5) is 11.4. The first kappa shape index (κ1) is 23.1. The molecule has 0 aromatic carbocycles. The third kappa shape index (κ3) is 14.7. The van der Waals surface area contributed by atoms with Crippen molar-refractivity contribution in [2.75, 3.05) is 0 Å². The van der Waals surface area contributed by atoms with E-state index < -0.39 is 0 Å². The molecule has 0 radical (unpaired) electrons. The molecular formula is C23H42O. The summed E-state index contributed by atoms with van der Waals surface area (Å²) in [5, 5.41) is 0. The van der Waals surface area contributed by atoms with Gasteiger partial charge in [0.1, 0.15) is 6.29 Å². The highest BCUT2D eigenvalue weighted by molar-refractivity contribution is 5.73. The summed E-state index contributed by atoms with van der Waals surface area (Å²) in [6.07, 6.45) is 24.2. The van der Waals surface area contributed by atoms with Gasteiger partial charge in [-0.05, 0) is 37.2 Å². The first-order valence-electron chi connectivity index (χ1n) is 10.5. The fourth-order valence-corrected chi connectivity index (χ4v) is 3.26. The number of carbonyl (C=O) groups excluding carboxylic acids is 1. The quantitative estimate of drug-likeness (QED) is 0.108. The summed E-state index contributed by atoms with van der Waals surface area (Å²) < 4.78 is 0. The van der Waals surface area contributed by atoms with Crippen LogP contribution in [0.25, 0.3) is 0 Å². The van der Waals surface area contributed by atoms with E-state index in [1.807, 2.05) is 6.08 Å². The van der Waals surface area contributed by atoms with Crippen LogP contribution in [0, 0.1) is 5.92 Å². The smallest absolute Gasteiger partial charge is 0.145 e. The lowest BCUT2D eigenvalue weighted by Crippen LogP contribution is -1.99. The van der Waals surface area contributed by atoms with Crippen LogP contribution in [0.1, 0.15) is 110 Å². The Hall–Kier alpha value is -0.850. The Balaban J connectivity index is 4.07. The molecule has 0 saturated heterocycles. The first-order valence-corrected chi connectivity index (χ1v) is 10.5. The van der Waals surface area contributed by atoms with Gasteiger partial charge in [-0.25, -0.2) is 0 Å². The Bertz CT molecular complexity index is 316. The van der Waals surface area contributed by atoms with Crippen molar-refractivity contribution < 1.29 is 4.79 Å². The maximum absolute atomic E-state index is 11.4. The molecule has 0 amide bonds. The lowest BCUT2D eigenvalue weighted by atomic mass is 9.93. The van der Waals surface area contributed by atoms with Crippen LogP contribution >= 0.6 is 0 Å². The third-order valence-corrected chi connectivity index (χ3v) is 4.82. The van der Waals surface area contributed by atoms with Gasteiger partial charge in [0.15, 0.2) is 0 Å². The second kappa shape index (κ2) is 18.5. The van der Waals surface area contributed by atoms with Crippen molar-refractivity contribution in [2.45, 2.75) is 110 Å². The van der Waals surface area contributed by atoms with Gasteiger partial charge in [0.25, 0.3) is 0 Å². The van der Waals surface area contributed by atoms with Crippen molar-refractivity contribution >= 4 is 6.29 Å². The molecule has 0 fully saturated rings. The van der Waals surface area contributed by atoms with Crippen molar-refractivity contribution in [3.63, 3.8) is 0 Å². The SMILES string of the molecule is C=CCC(C=C(C=O)CCCCCCCC)CCCCCCCC. The average Bonchev–Trinajstić information content (AvgIpc) is 2.59. The number of hydrogen-bond acceptors (Lipinski definition) is 1. The largest absolute Gasteiger partial charge is 0.298 e. The van der Waals surface area contributed by atoms with Gasteiger partial charge in [-0.2, -0.15) is 0 Å². The van der Waals surface area contributed by atoms with E-state index in [1.165, 1.54) is 77.0 Å². The molecule has 1 unspecified atom stereocenters. The van der Waals surface area contributed by atoms with Crippen molar-refractivity contribution in [2.24, 2.45) is 5.92 Å². The summed E-state index contributed by atoms with van der Waals surface area (Å²) in [7, 11) is 0. The minimum atomic E-state index is 0.508. The molecule has 0 N–H and O–H groups in total. The summed E-state index contributed by atoms with van der Waals surface area (Å²) in [6.45, 7) is 8.40. The van der Waals surface area contributed by atoms with Gasteiger partial charge in [-0.15, -0.1) is 6.58 Å². The van der Waals surface area contributed by atoms with Gasteiger partial charge in [0.2, 0.25) is 0 Å². The maximum Gasteiger partial charge on any atom is 0.145 e. The van der Waals surface area contributed by atoms with E-state index >= 15 is 0 Å². The number of aldehydes is 1. The normalized spacial score (nSPS) is 13.0. The van der Waals surface area contributed by atoms with E-state index in [0.717, 1.165) is 31.1 Å². The van der Waals surface area contributed by atoms with Crippen LogP contribution < -0.4 is 0 Å². The highest BCUT2D eigenvalue weighted by Gasteiger charge is 2.06. The van der Waals surface area contributed by atoms with Crippen molar-refractivity contribution in [3.8, 4) is 0 Å². The lowest BCUT2D eigenvalue weighted by molar-refractivity contribution is -0.105. The van der Waals surface area contributed by atoms with Crippen molar-refractivity contribution in [1.82, 2.24) is 0 Å². The van der Waals surface area contributed by atoms with E-state index in [9.17, 15) is 4.79 Å². The average molecular weight is 335 g/mol. The molecule has 0 aliphatic rings. The number of allylic oxidation sites excluding steroid dienone is 3. The van der Waals surface area contributed by atoms with Crippen molar-refractivity contribution in [1.29, 1.82) is 0 Å². The summed E-state index contributed by atoms with van der Waals surface area (Å²) in [5.74, 6) is 0.508. The molecule has 0 heterocycles. The fraction of sp³-hybridized carbons (Fsp3) is 0.783. The van der Waals surface area contributed by atoms with Crippen LogP contribution in [-0.4, -0.2) is 6.29 Å². The topological polar surface area (TPSA) is 17.1 Å². The summed E-state index contributed by atoms with van der Waals surface area (Å²) in [5.41, 5.74) is 1.02. The van der Waals surface area contributed by atoms with Crippen LogP contribution in [0.15, 0.2) is 24.3 Å². The standard InChI is InChI=1S/C23H42O/c1-4-7-9-11-13-15-18-22(17-6-3)20-23(21-24)19-16-14-12-10-8-5-2/h6,20-22H,3-5,7-19H2,1-2H3. The monoisotopic (exact) mass is 334 g/mol.